The van der Waals surface area contributed by atoms with E-state index in [0.717, 1.165) is 74.1 Å². The van der Waals surface area contributed by atoms with Gasteiger partial charge in [0.1, 0.15) is 11.2 Å². The molecular formula is C47H51ClFN9O5S. The van der Waals surface area contributed by atoms with Gasteiger partial charge in [0.25, 0.3) is 15.9 Å². The Bertz CT molecular complexity index is 2900. The van der Waals surface area contributed by atoms with E-state index in [-0.39, 0.29) is 41.6 Å². The molecule has 5 heterocycles. The van der Waals surface area contributed by atoms with Crippen LogP contribution in [0.4, 0.5) is 15.8 Å². The van der Waals surface area contributed by atoms with Crippen LogP contribution in [0.3, 0.4) is 0 Å². The number of benzene rings is 3. The summed E-state index contributed by atoms with van der Waals surface area (Å²) in [7, 11) is -4.60. The van der Waals surface area contributed by atoms with Gasteiger partial charge in [0.05, 0.1) is 27.2 Å². The Morgan fingerprint density at radius 2 is 1.70 bits per heavy atom. The molecule has 64 heavy (non-hydrogen) atoms. The van der Waals surface area contributed by atoms with Gasteiger partial charge >= 0.3 is 5.97 Å². The van der Waals surface area contributed by atoms with Gasteiger partial charge in [-0.1, -0.05) is 43.2 Å². The number of piperazine rings is 1. The highest BCUT2D eigenvalue weighted by Crippen LogP contribution is 2.43. The highest BCUT2D eigenvalue weighted by Gasteiger charge is 2.33. The number of allylic oxidation sites excluding steroid dienone is 1. The molecule has 5 N–H and O–H groups in total. The third-order valence-corrected chi connectivity index (χ3v) is 14.5. The number of aromatic nitrogens is 4. The number of carbonyl (C=O) groups excluding carboxylic acids is 1. The van der Waals surface area contributed by atoms with E-state index < -0.39 is 32.5 Å². The first-order valence-electron chi connectivity index (χ1n) is 21.6. The van der Waals surface area contributed by atoms with Crippen LogP contribution in [0.15, 0.2) is 95.7 Å². The number of fused-ring (bicyclic) bond motifs is 2. The molecule has 0 spiro atoms. The van der Waals surface area contributed by atoms with Crippen LogP contribution in [-0.4, -0.2) is 108 Å². The third kappa shape index (κ3) is 9.09. The summed E-state index contributed by atoms with van der Waals surface area (Å²) in [5, 5.41) is 20.7. The fourth-order valence-electron chi connectivity index (χ4n) is 9.17. The van der Waals surface area contributed by atoms with Gasteiger partial charge in [0, 0.05) is 73.4 Å². The number of nitrogens with one attached hydrogen (secondary N) is 4. The molecule has 0 radical (unpaired) electrons. The van der Waals surface area contributed by atoms with Crippen LogP contribution in [0.2, 0.25) is 5.02 Å². The minimum absolute atomic E-state index is 0.0503. The molecule has 0 unspecified atom stereocenters. The second-order valence-electron chi connectivity index (χ2n) is 18.0. The zero-order valence-corrected chi connectivity index (χ0v) is 37.3. The van der Waals surface area contributed by atoms with E-state index in [9.17, 15) is 23.1 Å². The second-order valence-corrected chi connectivity index (χ2v) is 20.1. The van der Waals surface area contributed by atoms with E-state index in [1.807, 2.05) is 36.4 Å². The van der Waals surface area contributed by atoms with Crippen molar-refractivity contribution in [1.82, 2.24) is 34.7 Å². The first-order valence-corrected chi connectivity index (χ1v) is 23.5. The van der Waals surface area contributed by atoms with Gasteiger partial charge in [0.2, 0.25) is 0 Å². The van der Waals surface area contributed by atoms with E-state index in [0.29, 0.717) is 35.5 Å². The molecule has 1 aliphatic carbocycles. The van der Waals surface area contributed by atoms with Crippen LogP contribution in [0.1, 0.15) is 72.2 Å². The summed E-state index contributed by atoms with van der Waals surface area (Å²) >= 11 is 6.25. The van der Waals surface area contributed by atoms with Crippen molar-refractivity contribution in [2.24, 2.45) is 5.41 Å². The average molecular weight is 909 g/mol. The molecular weight excluding hydrogens is 857 g/mol. The molecule has 2 fully saturated rings. The Labute approximate surface area is 375 Å². The Balaban J connectivity index is 0.977. The van der Waals surface area contributed by atoms with Gasteiger partial charge in [-0.05, 0) is 122 Å². The van der Waals surface area contributed by atoms with Gasteiger partial charge < -0.3 is 20.6 Å². The number of alkyl halides is 1. The molecule has 9 rings (SSSR count). The Kier molecular flexibility index (Phi) is 11.7. The highest BCUT2D eigenvalue weighted by molar-refractivity contribution is 7.90. The van der Waals surface area contributed by atoms with Gasteiger partial charge in [-0.25, -0.2) is 32.3 Å². The summed E-state index contributed by atoms with van der Waals surface area (Å²) in [6, 6.07) is 20.7. The molecule has 14 nitrogen and oxygen atoms in total. The van der Waals surface area contributed by atoms with Crippen LogP contribution < -0.4 is 20.3 Å². The smallest absolute Gasteiger partial charge is 0.337 e. The van der Waals surface area contributed by atoms with E-state index in [2.05, 4.69) is 66.2 Å². The van der Waals surface area contributed by atoms with Crippen molar-refractivity contribution in [3.63, 3.8) is 0 Å². The Hall–Kier alpha value is -5.81. The van der Waals surface area contributed by atoms with E-state index in [1.165, 1.54) is 28.8 Å². The van der Waals surface area contributed by atoms with Crippen molar-refractivity contribution in [3.05, 3.63) is 112 Å². The molecule has 2 aliphatic heterocycles. The van der Waals surface area contributed by atoms with Crippen molar-refractivity contribution < 1.29 is 27.5 Å². The molecule has 6 aromatic rings. The lowest BCUT2D eigenvalue weighted by Crippen LogP contribution is -2.47. The number of carbonyl (C=O) groups is 2. The lowest BCUT2D eigenvalue weighted by Gasteiger charge is -2.39. The molecule has 3 aromatic carbocycles. The average Bonchev–Trinajstić information content (AvgIpc) is 3.92. The van der Waals surface area contributed by atoms with Crippen LogP contribution >= 0.6 is 11.6 Å². The Morgan fingerprint density at radius 1 is 0.938 bits per heavy atom. The third-order valence-electron chi connectivity index (χ3n) is 12.9. The number of carboxylic acid groups (broad SMARTS) is 1. The summed E-state index contributed by atoms with van der Waals surface area (Å²) in [5.41, 5.74) is 5.58. The monoisotopic (exact) mass is 907 g/mol. The van der Waals surface area contributed by atoms with Crippen LogP contribution in [0, 0.1) is 5.41 Å². The van der Waals surface area contributed by atoms with Crippen LogP contribution in [0.25, 0.3) is 33.3 Å². The SMILES string of the molecule is CC1(C)CCC(CN2CCN(c3ccc(C(=O)NS(=O)(=O)c4ccc(NCC5(F)CCNCC5)c(C(=O)O)c4)c(-n4[nH]cc5nc6nccc6cc54)c3)CC2)=C(c2ccc(Cl)cc2)C1. The van der Waals surface area contributed by atoms with Crippen molar-refractivity contribution in [2.75, 3.05) is 62.6 Å². The van der Waals surface area contributed by atoms with Crippen LogP contribution in [-0.2, 0) is 10.0 Å². The standard InChI is InChI=1S/C47H51ClFN9O5S/c1-46(2)13-11-32(38(26-46)30-3-5-33(48)6-4-30)28-56-19-21-57(22-20-56)34-7-9-36(41(24-34)58-42-23-31-12-16-51-43(31)54-40(42)27-53-58)44(59)55-64(62,63)35-8-10-39(37(25-35)45(60)61)52-29-47(49)14-17-50-18-15-47/h3-10,12,16,23-25,27,50,52-53H,11,13-15,17-22,26,28-29H2,1-2H3,(H,55,59)(H,60,61). The number of anilines is 2. The number of rotatable bonds is 12. The molecule has 2 saturated heterocycles. The summed E-state index contributed by atoms with van der Waals surface area (Å²) in [6.45, 7) is 9.50. The van der Waals surface area contributed by atoms with Crippen molar-refractivity contribution in [3.8, 4) is 5.69 Å². The number of aromatic amines is 1. The number of halogens is 2. The number of H-pyrrole nitrogens is 1. The van der Waals surface area contributed by atoms with Crippen molar-refractivity contribution >= 4 is 72.5 Å². The summed E-state index contributed by atoms with van der Waals surface area (Å²) < 4.78 is 46.9. The lowest BCUT2D eigenvalue weighted by molar-refractivity contribution is 0.0696. The molecule has 0 saturated carbocycles. The number of aromatic carboxylic acids is 1. The molecule has 3 aliphatic rings. The lowest BCUT2D eigenvalue weighted by atomic mass is 9.72. The first-order chi connectivity index (χ1) is 30.6. The van der Waals surface area contributed by atoms with E-state index in [4.69, 9.17) is 11.6 Å². The maximum Gasteiger partial charge on any atom is 0.337 e. The number of sulfonamides is 1. The zero-order valence-electron chi connectivity index (χ0n) is 35.8. The number of pyridine rings is 1. The van der Waals surface area contributed by atoms with Crippen LogP contribution in [0.5, 0.6) is 0 Å². The normalized spacial score (nSPS) is 18.1. The van der Waals surface area contributed by atoms with Crippen molar-refractivity contribution in [2.45, 2.75) is 56.5 Å². The molecule has 0 atom stereocenters. The summed E-state index contributed by atoms with van der Waals surface area (Å²) in [6.07, 6.45) is 7.07. The highest BCUT2D eigenvalue weighted by atomic mass is 35.5. The van der Waals surface area contributed by atoms with Gasteiger partial charge in [-0.2, -0.15) is 0 Å². The zero-order chi connectivity index (χ0) is 44.8. The largest absolute Gasteiger partial charge is 0.478 e. The minimum atomic E-state index is -4.60. The first kappa shape index (κ1) is 43.4. The quantitative estimate of drug-likeness (QED) is 0.0815. The summed E-state index contributed by atoms with van der Waals surface area (Å²) in [5.74, 6) is -2.33. The van der Waals surface area contributed by atoms with E-state index >= 15 is 4.39 Å². The van der Waals surface area contributed by atoms with Gasteiger partial charge in [0.15, 0.2) is 5.65 Å². The fourth-order valence-corrected chi connectivity index (χ4v) is 10.3. The number of carboxylic acids is 1. The topological polar surface area (TPSA) is 178 Å². The summed E-state index contributed by atoms with van der Waals surface area (Å²) in [4.78, 5) is 39.9. The number of hydrogen-bond donors (Lipinski definition) is 5. The van der Waals surface area contributed by atoms with Gasteiger partial charge in [-0.3, -0.25) is 19.5 Å². The minimum Gasteiger partial charge on any atom is -0.478 e. The number of piperidine rings is 1. The number of hydrogen-bond acceptors (Lipinski definition) is 10. The Morgan fingerprint density at radius 3 is 2.45 bits per heavy atom. The predicted molar refractivity (Wildman–Crippen MR) is 248 cm³/mol. The number of amides is 1. The fraction of sp³-hybridized carbons (Fsp3) is 0.362. The van der Waals surface area contributed by atoms with E-state index in [1.54, 1.807) is 23.1 Å². The van der Waals surface area contributed by atoms with Crippen molar-refractivity contribution in [1.29, 1.82) is 0 Å². The molecule has 3 aromatic heterocycles. The maximum absolute atomic E-state index is 15.3. The number of nitrogens with zero attached hydrogens (tertiary/aromatic N) is 5. The predicted octanol–water partition coefficient (Wildman–Crippen LogP) is 7.66. The second kappa shape index (κ2) is 17.3. The van der Waals surface area contributed by atoms with Gasteiger partial charge in [-0.15, -0.1) is 0 Å². The molecule has 334 valence electrons. The maximum atomic E-state index is 15.3. The molecule has 0 bridgehead atoms. The molecule has 1 amide bonds. The molecule has 17 heteroatoms.